The Labute approximate surface area is 144 Å². The maximum absolute atomic E-state index is 12.0. The van der Waals surface area contributed by atoms with E-state index in [1.54, 1.807) is 6.08 Å². The minimum Gasteiger partial charge on any atom is -0.369 e. The Balaban J connectivity index is 1.50. The van der Waals surface area contributed by atoms with Gasteiger partial charge in [-0.2, -0.15) is 0 Å². The van der Waals surface area contributed by atoms with Crippen molar-refractivity contribution >= 4 is 17.7 Å². The van der Waals surface area contributed by atoms with Gasteiger partial charge in [0, 0.05) is 51.0 Å². The molecule has 2 heterocycles. The number of benzene rings is 1. The molecular weight excluding hydrogens is 298 g/mol. The Hall–Kier alpha value is -2.07. The minimum absolute atomic E-state index is 0.133. The first-order chi connectivity index (χ1) is 11.8. The van der Waals surface area contributed by atoms with E-state index >= 15 is 0 Å². The van der Waals surface area contributed by atoms with Crippen LogP contribution in [-0.4, -0.2) is 50.1 Å². The van der Waals surface area contributed by atoms with Crippen molar-refractivity contribution in [2.45, 2.75) is 19.3 Å². The van der Waals surface area contributed by atoms with Crippen molar-refractivity contribution in [1.82, 2.24) is 10.2 Å². The summed E-state index contributed by atoms with van der Waals surface area (Å²) in [6.45, 7) is 6.04. The lowest BCUT2D eigenvalue weighted by Crippen LogP contribution is -2.43. The quantitative estimate of drug-likeness (QED) is 0.683. The van der Waals surface area contributed by atoms with E-state index in [4.69, 9.17) is 0 Å². The van der Waals surface area contributed by atoms with Gasteiger partial charge in [0.2, 0.25) is 5.91 Å². The van der Waals surface area contributed by atoms with Crippen molar-refractivity contribution < 1.29 is 4.79 Å². The number of hydrogen-bond donors (Lipinski definition) is 1. The van der Waals surface area contributed by atoms with Crippen LogP contribution in [0.2, 0.25) is 0 Å². The second-order valence-corrected chi connectivity index (χ2v) is 6.43. The molecule has 0 radical (unpaired) electrons. The van der Waals surface area contributed by atoms with Gasteiger partial charge in [-0.3, -0.25) is 4.79 Å². The first-order valence-corrected chi connectivity index (χ1v) is 9.02. The molecule has 1 aromatic carbocycles. The molecule has 0 spiro atoms. The highest BCUT2D eigenvalue weighted by Gasteiger charge is 2.13. The van der Waals surface area contributed by atoms with E-state index in [0.29, 0.717) is 0 Å². The van der Waals surface area contributed by atoms with Gasteiger partial charge in [-0.25, -0.2) is 0 Å². The van der Waals surface area contributed by atoms with E-state index < -0.39 is 0 Å². The monoisotopic (exact) mass is 325 g/mol. The van der Waals surface area contributed by atoms with Gasteiger partial charge >= 0.3 is 0 Å². The van der Waals surface area contributed by atoms with Crippen molar-refractivity contribution in [1.29, 1.82) is 0 Å². The minimum atomic E-state index is 0.133. The molecule has 1 amide bonds. The molecule has 0 aliphatic carbocycles. The summed E-state index contributed by atoms with van der Waals surface area (Å²) in [6, 6.07) is 8.61. The zero-order valence-corrected chi connectivity index (χ0v) is 14.3. The number of allylic oxidation sites excluding steroid dienone is 2. The highest BCUT2D eigenvalue weighted by Crippen LogP contribution is 2.16. The van der Waals surface area contributed by atoms with Crippen LogP contribution < -0.4 is 10.2 Å². The molecule has 0 saturated carbocycles. The fraction of sp³-hybridized carbons (Fsp3) is 0.450. The Morgan fingerprint density at radius 3 is 2.33 bits per heavy atom. The fourth-order valence-corrected chi connectivity index (χ4v) is 3.24. The summed E-state index contributed by atoms with van der Waals surface area (Å²) in [7, 11) is 0. The van der Waals surface area contributed by atoms with Gasteiger partial charge in [-0.15, -0.1) is 0 Å². The van der Waals surface area contributed by atoms with Crippen LogP contribution in [0.4, 0.5) is 5.69 Å². The number of piperazine rings is 1. The van der Waals surface area contributed by atoms with Gasteiger partial charge in [-0.1, -0.05) is 30.4 Å². The summed E-state index contributed by atoms with van der Waals surface area (Å²) in [5, 5.41) is 3.37. The zero-order valence-electron chi connectivity index (χ0n) is 14.3. The van der Waals surface area contributed by atoms with Crippen molar-refractivity contribution in [2.24, 2.45) is 0 Å². The number of hydrogen-bond acceptors (Lipinski definition) is 3. The summed E-state index contributed by atoms with van der Waals surface area (Å²) in [4.78, 5) is 16.4. The molecule has 2 fully saturated rings. The Bertz CT molecular complexity index is 579. The van der Waals surface area contributed by atoms with Gasteiger partial charge in [0.25, 0.3) is 0 Å². The van der Waals surface area contributed by atoms with Crippen LogP contribution in [0, 0.1) is 0 Å². The fourth-order valence-electron chi connectivity index (χ4n) is 3.24. The number of anilines is 1. The van der Waals surface area contributed by atoms with E-state index in [1.165, 1.54) is 12.1 Å². The maximum Gasteiger partial charge on any atom is 0.246 e. The van der Waals surface area contributed by atoms with Gasteiger partial charge in [0.1, 0.15) is 0 Å². The van der Waals surface area contributed by atoms with Crippen LogP contribution in [0.5, 0.6) is 0 Å². The van der Waals surface area contributed by atoms with E-state index in [-0.39, 0.29) is 5.91 Å². The zero-order chi connectivity index (χ0) is 16.6. The Morgan fingerprint density at radius 2 is 1.62 bits per heavy atom. The SMILES string of the molecule is O=C(/C=C/C=C/c1ccc(N2CCNCC2)cc1)N1CCCCC1. The van der Waals surface area contributed by atoms with E-state index in [0.717, 1.165) is 57.7 Å². The van der Waals surface area contributed by atoms with Gasteiger partial charge in [0.05, 0.1) is 0 Å². The molecule has 4 heteroatoms. The van der Waals surface area contributed by atoms with Crippen molar-refractivity contribution in [2.75, 3.05) is 44.2 Å². The lowest BCUT2D eigenvalue weighted by Gasteiger charge is -2.29. The number of amides is 1. The molecule has 0 unspecified atom stereocenters. The first kappa shape index (κ1) is 16.8. The number of piperidine rings is 1. The molecule has 1 aromatic rings. The molecule has 4 nitrogen and oxygen atoms in total. The lowest BCUT2D eigenvalue weighted by molar-refractivity contribution is -0.126. The van der Waals surface area contributed by atoms with Crippen LogP contribution in [0.15, 0.2) is 42.5 Å². The van der Waals surface area contributed by atoms with E-state index in [9.17, 15) is 4.79 Å². The standard InChI is InChI=1S/C20H27N3O/c24-20(23-14-4-1-5-15-23)7-3-2-6-18-8-10-19(11-9-18)22-16-12-21-13-17-22/h2-3,6-11,21H,1,4-5,12-17H2/b6-2+,7-3+. The van der Waals surface area contributed by atoms with Crippen LogP contribution >= 0.6 is 0 Å². The van der Waals surface area contributed by atoms with Crippen molar-refractivity contribution in [3.8, 4) is 0 Å². The molecule has 2 aliphatic heterocycles. The normalized spacial score (nSPS) is 19.3. The maximum atomic E-state index is 12.0. The Kier molecular flexibility index (Phi) is 6.07. The third kappa shape index (κ3) is 4.71. The summed E-state index contributed by atoms with van der Waals surface area (Å²) >= 11 is 0. The number of rotatable bonds is 4. The summed E-state index contributed by atoms with van der Waals surface area (Å²) in [6.07, 6.45) is 11.0. The second-order valence-electron chi connectivity index (χ2n) is 6.43. The summed E-state index contributed by atoms with van der Waals surface area (Å²) in [5.74, 6) is 0.133. The second kappa shape index (κ2) is 8.69. The van der Waals surface area contributed by atoms with E-state index in [1.807, 2.05) is 23.1 Å². The molecule has 0 bridgehead atoms. The first-order valence-electron chi connectivity index (χ1n) is 9.02. The number of likely N-dealkylation sites (tertiary alicyclic amines) is 1. The third-order valence-corrected chi connectivity index (χ3v) is 4.68. The molecular formula is C20H27N3O. The number of carbonyl (C=O) groups is 1. The van der Waals surface area contributed by atoms with Gasteiger partial charge in [-0.05, 0) is 37.0 Å². The number of carbonyl (C=O) groups excluding carboxylic acids is 1. The highest BCUT2D eigenvalue weighted by atomic mass is 16.2. The van der Waals surface area contributed by atoms with Crippen LogP contribution in [0.1, 0.15) is 24.8 Å². The van der Waals surface area contributed by atoms with Crippen molar-refractivity contribution in [3.05, 3.63) is 48.1 Å². The molecule has 128 valence electrons. The summed E-state index contributed by atoms with van der Waals surface area (Å²) < 4.78 is 0. The number of nitrogens with zero attached hydrogens (tertiary/aromatic N) is 2. The van der Waals surface area contributed by atoms with Crippen molar-refractivity contribution in [3.63, 3.8) is 0 Å². The van der Waals surface area contributed by atoms with Crippen LogP contribution in [-0.2, 0) is 4.79 Å². The highest BCUT2D eigenvalue weighted by molar-refractivity contribution is 5.88. The topological polar surface area (TPSA) is 35.6 Å². The molecule has 0 atom stereocenters. The van der Waals surface area contributed by atoms with Crippen LogP contribution in [0.3, 0.4) is 0 Å². The smallest absolute Gasteiger partial charge is 0.246 e. The molecule has 1 N–H and O–H groups in total. The largest absolute Gasteiger partial charge is 0.369 e. The molecule has 3 rings (SSSR count). The van der Waals surface area contributed by atoms with Crippen LogP contribution in [0.25, 0.3) is 6.08 Å². The third-order valence-electron chi connectivity index (χ3n) is 4.68. The average molecular weight is 325 g/mol. The number of nitrogens with one attached hydrogen (secondary N) is 1. The Morgan fingerprint density at radius 1 is 0.917 bits per heavy atom. The predicted molar refractivity (Wildman–Crippen MR) is 100 cm³/mol. The van der Waals surface area contributed by atoms with Gasteiger partial charge < -0.3 is 15.1 Å². The average Bonchev–Trinajstić information content (AvgIpc) is 2.67. The molecule has 2 aliphatic rings. The lowest BCUT2D eigenvalue weighted by atomic mass is 10.1. The molecule has 2 saturated heterocycles. The van der Waals surface area contributed by atoms with E-state index in [2.05, 4.69) is 34.5 Å². The van der Waals surface area contributed by atoms with Gasteiger partial charge in [0.15, 0.2) is 0 Å². The predicted octanol–water partition coefficient (Wildman–Crippen LogP) is 2.68. The molecule has 0 aromatic heterocycles. The molecule has 24 heavy (non-hydrogen) atoms. The summed E-state index contributed by atoms with van der Waals surface area (Å²) in [5.41, 5.74) is 2.44.